The van der Waals surface area contributed by atoms with Crippen molar-refractivity contribution in [3.05, 3.63) is 22.4 Å². The molecule has 1 rings (SSSR count). The van der Waals surface area contributed by atoms with Gasteiger partial charge in [0.05, 0.1) is 12.5 Å². The highest BCUT2D eigenvalue weighted by molar-refractivity contribution is 9.10. The maximum Gasteiger partial charge on any atom is 0.220 e. The van der Waals surface area contributed by atoms with Crippen LogP contribution in [0.5, 0.6) is 5.75 Å². The highest BCUT2D eigenvalue weighted by Crippen LogP contribution is 2.27. The van der Waals surface area contributed by atoms with E-state index in [1.807, 2.05) is 0 Å². The third-order valence-electron chi connectivity index (χ3n) is 1.92. The number of hydrogen-bond acceptors (Lipinski definition) is 5. The van der Waals surface area contributed by atoms with Crippen molar-refractivity contribution >= 4 is 21.8 Å². The summed E-state index contributed by atoms with van der Waals surface area (Å²) in [5.74, 6) is -1.01. The van der Waals surface area contributed by atoms with E-state index < -0.39 is 24.5 Å². The Balaban J connectivity index is 2.90. The van der Waals surface area contributed by atoms with Gasteiger partial charge in [0.15, 0.2) is 0 Å². The van der Waals surface area contributed by atoms with Gasteiger partial charge in [-0.05, 0) is 28.1 Å². The average Bonchev–Trinajstić information content (AvgIpc) is 2.19. The van der Waals surface area contributed by atoms with Crippen LogP contribution in [0.1, 0.15) is 18.2 Å². The number of hydrogen-bond donors (Lipinski definition) is 4. The molecule has 0 aromatic carbocycles. The number of aliphatic hydroxyl groups excluding tert-OH is 2. The number of aromatic nitrogens is 1. The van der Waals surface area contributed by atoms with E-state index in [9.17, 15) is 20.1 Å². The van der Waals surface area contributed by atoms with Gasteiger partial charge in [0.1, 0.15) is 22.2 Å². The summed E-state index contributed by atoms with van der Waals surface area (Å²) in [7, 11) is 0. The number of carbonyl (C=O) groups excluding carboxylic acids is 1. The summed E-state index contributed by atoms with van der Waals surface area (Å²) in [6, 6.07) is 2.79. The highest BCUT2D eigenvalue weighted by atomic mass is 79.9. The van der Waals surface area contributed by atoms with Gasteiger partial charge in [-0.15, -0.1) is 0 Å². The topological polar surface area (TPSA) is 117 Å². The molecule has 0 aliphatic heterocycles. The molecule has 0 bridgehead atoms. The molecule has 1 aromatic rings. The zero-order valence-electron chi connectivity index (χ0n) is 8.17. The third-order valence-corrected chi connectivity index (χ3v) is 2.37. The smallest absolute Gasteiger partial charge is 0.220 e. The number of carbonyl (C=O) groups is 1. The van der Waals surface area contributed by atoms with Crippen LogP contribution in [0.2, 0.25) is 0 Å². The molecule has 1 heterocycles. The van der Waals surface area contributed by atoms with Crippen LogP contribution in [-0.4, -0.2) is 32.3 Å². The van der Waals surface area contributed by atoms with Crippen LogP contribution < -0.4 is 5.73 Å². The normalized spacial score (nSPS) is 14.4. The molecule has 0 aliphatic rings. The Labute approximate surface area is 99.9 Å². The fraction of sp³-hybridized carbons (Fsp3) is 0.333. The minimum atomic E-state index is -1.47. The lowest BCUT2D eigenvalue weighted by molar-refractivity contribution is -0.121. The number of nitrogens with zero attached hydrogens (tertiary/aromatic N) is 1. The summed E-state index contributed by atoms with van der Waals surface area (Å²) < 4.78 is 0.394. The Bertz CT molecular complexity index is 399. The minimum Gasteiger partial charge on any atom is -0.506 e. The Morgan fingerprint density at radius 2 is 2.12 bits per heavy atom. The van der Waals surface area contributed by atoms with E-state index >= 15 is 0 Å². The maximum absolute atomic E-state index is 10.6. The molecule has 2 unspecified atom stereocenters. The van der Waals surface area contributed by atoms with Crippen LogP contribution in [0.4, 0.5) is 0 Å². The van der Waals surface area contributed by atoms with Crippen LogP contribution in [0.15, 0.2) is 16.7 Å². The number of primary amides is 1. The van der Waals surface area contributed by atoms with E-state index in [2.05, 4.69) is 20.9 Å². The predicted molar refractivity (Wildman–Crippen MR) is 58.4 cm³/mol. The van der Waals surface area contributed by atoms with Crippen LogP contribution >= 0.6 is 15.9 Å². The third kappa shape index (κ3) is 3.16. The molecule has 88 valence electrons. The molecule has 2 atom stereocenters. The van der Waals surface area contributed by atoms with Gasteiger partial charge in [-0.1, -0.05) is 0 Å². The zero-order chi connectivity index (χ0) is 12.3. The maximum atomic E-state index is 10.6. The van der Waals surface area contributed by atoms with E-state index in [0.29, 0.717) is 4.60 Å². The van der Waals surface area contributed by atoms with Gasteiger partial charge >= 0.3 is 0 Å². The number of rotatable bonds is 4. The molecular weight excluding hydrogens is 280 g/mol. The fourth-order valence-electron chi connectivity index (χ4n) is 1.16. The molecule has 0 spiro atoms. The van der Waals surface area contributed by atoms with Crippen molar-refractivity contribution in [2.75, 3.05) is 0 Å². The van der Waals surface area contributed by atoms with Crippen molar-refractivity contribution in [2.24, 2.45) is 5.73 Å². The summed E-state index contributed by atoms with van der Waals surface area (Å²) in [5.41, 5.74) is 4.77. The monoisotopic (exact) mass is 290 g/mol. The van der Waals surface area contributed by atoms with Gasteiger partial charge in [-0.25, -0.2) is 4.98 Å². The van der Waals surface area contributed by atoms with Crippen molar-refractivity contribution in [2.45, 2.75) is 18.6 Å². The second-order valence-electron chi connectivity index (χ2n) is 3.22. The SMILES string of the molecule is NC(=O)CC(O)C(O)c1nc(Br)ccc1O. The molecule has 6 nitrogen and oxygen atoms in total. The molecule has 7 heteroatoms. The number of pyridine rings is 1. The zero-order valence-corrected chi connectivity index (χ0v) is 9.75. The molecule has 0 aliphatic carbocycles. The number of aromatic hydroxyl groups is 1. The van der Waals surface area contributed by atoms with Gasteiger partial charge in [0, 0.05) is 0 Å². The van der Waals surface area contributed by atoms with E-state index in [1.165, 1.54) is 12.1 Å². The second-order valence-corrected chi connectivity index (χ2v) is 4.03. The first-order chi connectivity index (χ1) is 7.41. The van der Waals surface area contributed by atoms with Crippen molar-refractivity contribution in [3.63, 3.8) is 0 Å². The molecule has 1 aromatic heterocycles. The molecule has 0 radical (unpaired) electrons. The van der Waals surface area contributed by atoms with Gasteiger partial charge in [-0.2, -0.15) is 0 Å². The number of aliphatic hydroxyl groups is 2. The molecule has 0 fully saturated rings. The number of nitrogens with two attached hydrogens (primary N) is 1. The highest BCUT2D eigenvalue weighted by Gasteiger charge is 2.24. The fourth-order valence-corrected chi connectivity index (χ4v) is 1.48. The standard InChI is InChI=1S/C9H11BrN2O4/c10-6-2-1-4(13)8(12-6)9(16)5(14)3-7(11)15/h1-2,5,9,13-14,16H,3H2,(H2,11,15). The van der Waals surface area contributed by atoms with Crippen molar-refractivity contribution in [1.82, 2.24) is 4.98 Å². The Morgan fingerprint density at radius 1 is 1.50 bits per heavy atom. The molecule has 5 N–H and O–H groups in total. The molecule has 1 amide bonds. The summed E-state index contributed by atoms with van der Waals surface area (Å²) in [6.07, 6.45) is -3.27. The van der Waals surface area contributed by atoms with E-state index in [-0.39, 0.29) is 11.4 Å². The second kappa shape index (κ2) is 5.24. The van der Waals surface area contributed by atoms with Gasteiger partial charge in [-0.3, -0.25) is 4.79 Å². The summed E-state index contributed by atoms with van der Waals surface area (Å²) in [4.78, 5) is 14.4. The van der Waals surface area contributed by atoms with E-state index in [0.717, 1.165) is 0 Å². The first-order valence-electron chi connectivity index (χ1n) is 4.41. The average molecular weight is 291 g/mol. The Kier molecular flexibility index (Phi) is 4.22. The lowest BCUT2D eigenvalue weighted by Crippen LogP contribution is -2.26. The lowest BCUT2D eigenvalue weighted by Gasteiger charge is -2.16. The van der Waals surface area contributed by atoms with Crippen LogP contribution in [0.25, 0.3) is 0 Å². The quantitative estimate of drug-likeness (QED) is 0.574. The van der Waals surface area contributed by atoms with Crippen LogP contribution in [0.3, 0.4) is 0 Å². The van der Waals surface area contributed by atoms with Crippen LogP contribution in [-0.2, 0) is 4.79 Å². The molecule has 16 heavy (non-hydrogen) atoms. The Hall–Kier alpha value is -1.18. The van der Waals surface area contributed by atoms with Gasteiger partial charge < -0.3 is 21.1 Å². The van der Waals surface area contributed by atoms with Crippen molar-refractivity contribution in [1.29, 1.82) is 0 Å². The molecular formula is C9H11BrN2O4. The van der Waals surface area contributed by atoms with Gasteiger partial charge in [0.2, 0.25) is 5.91 Å². The summed E-state index contributed by atoms with van der Waals surface area (Å²) in [5, 5.41) is 28.5. The number of halogens is 1. The first-order valence-corrected chi connectivity index (χ1v) is 5.21. The van der Waals surface area contributed by atoms with Gasteiger partial charge in [0.25, 0.3) is 0 Å². The van der Waals surface area contributed by atoms with Crippen molar-refractivity contribution < 1.29 is 20.1 Å². The largest absolute Gasteiger partial charge is 0.506 e. The summed E-state index contributed by atoms with van der Waals surface area (Å²) in [6.45, 7) is 0. The van der Waals surface area contributed by atoms with E-state index in [1.54, 1.807) is 0 Å². The first kappa shape index (κ1) is 12.9. The summed E-state index contributed by atoms with van der Waals surface area (Å²) >= 11 is 3.06. The minimum absolute atomic E-state index is 0.108. The van der Waals surface area contributed by atoms with E-state index in [4.69, 9.17) is 5.73 Å². The lowest BCUT2D eigenvalue weighted by atomic mass is 10.1. The van der Waals surface area contributed by atoms with Crippen LogP contribution in [0, 0.1) is 0 Å². The molecule has 0 saturated heterocycles. The number of amides is 1. The van der Waals surface area contributed by atoms with Crippen molar-refractivity contribution in [3.8, 4) is 5.75 Å². The predicted octanol–water partition coefficient (Wildman–Crippen LogP) is -0.181. The Morgan fingerprint density at radius 3 is 2.69 bits per heavy atom. The molecule has 0 saturated carbocycles.